The summed E-state index contributed by atoms with van der Waals surface area (Å²) in [6, 6.07) is 27.4. The van der Waals surface area contributed by atoms with Gasteiger partial charge in [-0.1, -0.05) is 66.7 Å². The average molecular weight is 477 g/mol. The fourth-order valence-corrected chi connectivity index (χ4v) is 4.72. The first-order valence-corrected chi connectivity index (χ1v) is 12.2. The number of β-amino-alcohol motifs (C(OH)–C–C–N with tert-alkyl or cyclic N) is 1. The van der Waals surface area contributed by atoms with Crippen molar-refractivity contribution in [1.29, 1.82) is 0 Å². The molecule has 1 saturated heterocycles. The van der Waals surface area contributed by atoms with Gasteiger partial charge >= 0.3 is 0 Å². The van der Waals surface area contributed by atoms with E-state index < -0.39 is 6.10 Å². The monoisotopic (exact) mass is 476 g/mol. The number of benzene rings is 3. The molecule has 0 amide bonds. The zero-order valence-corrected chi connectivity index (χ0v) is 20.7. The molecule has 0 aliphatic carbocycles. The predicted octanol–water partition coefficient (Wildman–Crippen LogP) is 3.99. The van der Waals surface area contributed by atoms with Crippen molar-refractivity contribution in [2.24, 2.45) is 0 Å². The Morgan fingerprint density at radius 1 is 0.771 bits per heavy atom. The van der Waals surface area contributed by atoms with Crippen LogP contribution in [0.15, 0.2) is 78.9 Å². The zero-order chi connectivity index (χ0) is 24.5. The second-order valence-electron chi connectivity index (χ2n) is 8.92. The molecule has 1 heterocycles. The van der Waals surface area contributed by atoms with E-state index in [4.69, 9.17) is 14.2 Å². The summed E-state index contributed by atoms with van der Waals surface area (Å²) in [7, 11) is 3.24. The van der Waals surface area contributed by atoms with Gasteiger partial charge in [0.2, 0.25) is 0 Å². The SMILES string of the molecule is COc1ccc(COCC(O)CN2CCN(C(c3ccccc3)c3ccccc3)CC2)cc1OC. The van der Waals surface area contributed by atoms with E-state index in [-0.39, 0.29) is 6.04 Å². The third-order valence-corrected chi connectivity index (χ3v) is 6.50. The number of aliphatic hydroxyl groups is 1. The van der Waals surface area contributed by atoms with Crippen molar-refractivity contribution in [3.05, 3.63) is 95.6 Å². The Morgan fingerprint density at radius 2 is 1.37 bits per heavy atom. The Morgan fingerprint density at radius 3 is 1.94 bits per heavy atom. The summed E-state index contributed by atoms with van der Waals surface area (Å²) in [4.78, 5) is 4.87. The van der Waals surface area contributed by atoms with Crippen LogP contribution >= 0.6 is 0 Å². The van der Waals surface area contributed by atoms with Crippen molar-refractivity contribution in [2.75, 3.05) is 53.6 Å². The first-order chi connectivity index (χ1) is 17.2. The summed E-state index contributed by atoms with van der Waals surface area (Å²) in [5.41, 5.74) is 3.61. The van der Waals surface area contributed by atoms with Crippen LogP contribution in [-0.2, 0) is 11.3 Å². The van der Waals surface area contributed by atoms with Crippen molar-refractivity contribution in [3.8, 4) is 11.5 Å². The molecule has 6 heteroatoms. The predicted molar refractivity (Wildman–Crippen MR) is 138 cm³/mol. The standard InChI is InChI=1S/C29H36N2O4/c1-33-27-14-13-23(19-28(27)34-2)21-35-22-26(32)20-30-15-17-31(18-16-30)29(24-9-5-3-6-10-24)25-11-7-4-8-12-25/h3-14,19,26,29,32H,15-18,20-22H2,1-2H3. The molecule has 186 valence electrons. The van der Waals surface area contributed by atoms with Gasteiger partial charge in [0.15, 0.2) is 11.5 Å². The maximum absolute atomic E-state index is 10.6. The lowest BCUT2D eigenvalue weighted by Crippen LogP contribution is -2.50. The van der Waals surface area contributed by atoms with Crippen molar-refractivity contribution in [2.45, 2.75) is 18.8 Å². The quantitative estimate of drug-likeness (QED) is 0.452. The zero-order valence-electron chi connectivity index (χ0n) is 20.7. The Bertz CT molecular complexity index is 984. The first kappa shape index (κ1) is 25.2. The molecule has 1 N–H and O–H groups in total. The molecule has 0 spiro atoms. The minimum absolute atomic E-state index is 0.245. The third kappa shape index (κ3) is 6.83. The highest BCUT2D eigenvalue weighted by Crippen LogP contribution is 2.30. The molecule has 0 saturated carbocycles. The summed E-state index contributed by atoms with van der Waals surface area (Å²) < 4.78 is 16.4. The fraction of sp³-hybridized carbons (Fsp3) is 0.379. The third-order valence-electron chi connectivity index (χ3n) is 6.50. The van der Waals surface area contributed by atoms with Crippen molar-refractivity contribution in [3.63, 3.8) is 0 Å². The second kappa shape index (κ2) is 12.7. The van der Waals surface area contributed by atoms with E-state index in [1.165, 1.54) is 11.1 Å². The minimum Gasteiger partial charge on any atom is -0.493 e. The van der Waals surface area contributed by atoms with Crippen molar-refractivity contribution < 1.29 is 19.3 Å². The maximum atomic E-state index is 10.6. The molecule has 0 aromatic heterocycles. The summed E-state index contributed by atoms with van der Waals surface area (Å²) in [6.07, 6.45) is -0.527. The largest absolute Gasteiger partial charge is 0.493 e. The number of hydrogen-bond acceptors (Lipinski definition) is 6. The first-order valence-electron chi connectivity index (χ1n) is 12.2. The summed E-state index contributed by atoms with van der Waals surface area (Å²) in [5.74, 6) is 1.37. The lowest BCUT2D eigenvalue weighted by Gasteiger charge is -2.40. The number of piperazine rings is 1. The van der Waals surface area contributed by atoms with E-state index >= 15 is 0 Å². The fourth-order valence-electron chi connectivity index (χ4n) is 4.72. The molecule has 3 aromatic rings. The van der Waals surface area contributed by atoms with Crippen LogP contribution in [0.2, 0.25) is 0 Å². The van der Waals surface area contributed by atoms with Gasteiger partial charge in [0, 0.05) is 32.7 Å². The molecule has 1 aliphatic rings. The molecule has 0 radical (unpaired) electrons. The van der Waals surface area contributed by atoms with Gasteiger partial charge in [-0.2, -0.15) is 0 Å². The summed E-state index contributed by atoms with van der Waals surface area (Å²) >= 11 is 0. The van der Waals surface area contributed by atoms with Crippen LogP contribution in [0.25, 0.3) is 0 Å². The van der Waals surface area contributed by atoms with Gasteiger partial charge in [0.25, 0.3) is 0 Å². The Balaban J connectivity index is 1.26. The van der Waals surface area contributed by atoms with Crippen molar-refractivity contribution >= 4 is 0 Å². The molecular weight excluding hydrogens is 440 g/mol. The topological polar surface area (TPSA) is 54.4 Å². The van der Waals surface area contributed by atoms with Gasteiger partial charge in [0.1, 0.15) is 0 Å². The summed E-state index contributed by atoms with van der Waals surface area (Å²) in [6.45, 7) is 5.07. The molecule has 1 fully saturated rings. The number of rotatable bonds is 11. The number of ether oxygens (including phenoxy) is 3. The van der Waals surface area contributed by atoms with Gasteiger partial charge < -0.3 is 19.3 Å². The van der Waals surface area contributed by atoms with Gasteiger partial charge in [-0.15, -0.1) is 0 Å². The van der Waals surface area contributed by atoms with Crippen LogP contribution in [0.5, 0.6) is 11.5 Å². The lowest BCUT2D eigenvalue weighted by molar-refractivity contribution is -0.000743. The maximum Gasteiger partial charge on any atom is 0.161 e. The van der Waals surface area contributed by atoms with E-state index in [9.17, 15) is 5.11 Å². The minimum atomic E-state index is -0.527. The van der Waals surface area contributed by atoms with Crippen LogP contribution in [0.4, 0.5) is 0 Å². The average Bonchev–Trinajstić information content (AvgIpc) is 2.91. The van der Waals surface area contributed by atoms with Gasteiger partial charge in [-0.25, -0.2) is 0 Å². The van der Waals surface area contributed by atoms with Crippen LogP contribution in [0, 0.1) is 0 Å². The van der Waals surface area contributed by atoms with Crippen LogP contribution < -0.4 is 9.47 Å². The molecule has 1 atom stereocenters. The normalized spacial score (nSPS) is 15.8. The molecule has 1 aliphatic heterocycles. The van der Waals surface area contributed by atoms with Crippen LogP contribution in [-0.4, -0.2) is 74.6 Å². The lowest BCUT2D eigenvalue weighted by atomic mass is 9.96. The number of aliphatic hydroxyl groups excluding tert-OH is 1. The molecule has 35 heavy (non-hydrogen) atoms. The molecule has 3 aromatic carbocycles. The van der Waals surface area contributed by atoms with Gasteiger partial charge in [0.05, 0.1) is 39.6 Å². The van der Waals surface area contributed by atoms with Crippen LogP contribution in [0.3, 0.4) is 0 Å². The number of hydrogen-bond donors (Lipinski definition) is 1. The molecule has 0 bridgehead atoms. The van der Waals surface area contributed by atoms with E-state index in [1.807, 2.05) is 18.2 Å². The van der Waals surface area contributed by atoms with Crippen LogP contribution in [0.1, 0.15) is 22.7 Å². The molecular formula is C29H36N2O4. The van der Waals surface area contributed by atoms with Crippen molar-refractivity contribution in [1.82, 2.24) is 9.80 Å². The van der Waals surface area contributed by atoms with E-state index in [1.54, 1.807) is 14.2 Å². The second-order valence-corrected chi connectivity index (χ2v) is 8.92. The Hall–Kier alpha value is -2.90. The van der Waals surface area contributed by atoms with Gasteiger partial charge in [-0.05, 0) is 28.8 Å². The Labute approximate surface area is 208 Å². The van der Waals surface area contributed by atoms with E-state index in [2.05, 4.69) is 70.5 Å². The Kier molecular flexibility index (Phi) is 9.15. The van der Waals surface area contributed by atoms with E-state index in [0.717, 1.165) is 31.7 Å². The highest BCUT2D eigenvalue weighted by atomic mass is 16.5. The highest BCUT2D eigenvalue weighted by molar-refractivity contribution is 5.42. The molecule has 6 nitrogen and oxygen atoms in total. The smallest absolute Gasteiger partial charge is 0.161 e. The van der Waals surface area contributed by atoms with E-state index in [0.29, 0.717) is 31.3 Å². The highest BCUT2D eigenvalue weighted by Gasteiger charge is 2.27. The van der Waals surface area contributed by atoms with Gasteiger partial charge in [-0.3, -0.25) is 9.80 Å². The summed E-state index contributed by atoms with van der Waals surface area (Å²) in [5, 5.41) is 10.6. The molecule has 1 unspecified atom stereocenters. The number of methoxy groups -OCH3 is 2. The number of nitrogens with zero attached hydrogens (tertiary/aromatic N) is 2. The molecule has 4 rings (SSSR count).